The Morgan fingerprint density at radius 2 is 2.33 bits per heavy atom. The van der Waals surface area contributed by atoms with Crippen LogP contribution < -0.4 is 4.74 Å². The predicted molar refractivity (Wildman–Crippen MR) is 71.1 cm³/mol. The molecule has 0 fully saturated rings. The number of hydrogen-bond acceptors (Lipinski definition) is 5. The summed E-state index contributed by atoms with van der Waals surface area (Å²) in [5.74, 6) is 1.22. The number of fused-ring (bicyclic) bond motifs is 1. The lowest BCUT2D eigenvalue weighted by Gasteiger charge is -2.03. The van der Waals surface area contributed by atoms with Crippen molar-refractivity contribution in [1.82, 2.24) is 9.97 Å². The molecule has 0 radical (unpaired) electrons. The minimum absolute atomic E-state index is 0.234. The molecular weight excluding hydrogens is 252 g/mol. The highest BCUT2D eigenvalue weighted by Crippen LogP contribution is 2.23. The number of rotatable bonds is 6. The molecule has 0 aliphatic carbocycles. The molecule has 18 heavy (non-hydrogen) atoms. The minimum atomic E-state index is -0.720. The Bertz CT molecular complexity index is 515. The van der Waals surface area contributed by atoms with Gasteiger partial charge in [-0.15, -0.1) is 0 Å². The van der Waals surface area contributed by atoms with E-state index in [9.17, 15) is 5.11 Å². The molecule has 0 saturated carbocycles. The van der Waals surface area contributed by atoms with E-state index < -0.39 is 6.10 Å². The summed E-state index contributed by atoms with van der Waals surface area (Å²) in [5, 5.41) is 18.7. The molecule has 6 heteroatoms. The largest absolute Gasteiger partial charge is 0.494 e. The number of imidazole rings is 1. The summed E-state index contributed by atoms with van der Waals surface area (Å²) in [5.41, 5.74) is 1.77. The van der Waals surface area contributed by atoms with Crippen molar-refractivity contribution in [3.05, 3.63) is 18.2 Å². The lowest BCUT2D eigenvalue weighted by atomic mass is 10.3. The van der Waals surface area contributed by atoms with Gasteiger partial charge in [0.1, 0.15) is 5.75 Å². The van der Waals surface area contributed by atoms with E-state index >= 15 is 0 Å². The highest BCUT2D eigenvalue weighted by atomic mass is 32.2. The van der Waals surface area contributed by atoms with Crippen LogP contribution in [-0.4, -0.2) is 45.3 Å². The molecule has 1 unspecified atom stereocenters. The molecule has 0 saturated heterocycles. The van der Waals surface area contributed by atoms with Crippen molar-refractivity contribution >= 4 is 22.8 Å². The van der Waals surface area contributed by atoms with Gasteiger partial charge in [0.25, 0.3) is 0 Å². The Balaban J connectivity index is 2.11. The number of benzene rings is 1. The topological polar surface area (TPSA) is 78.4 Å². The van der Waals surface area contributed by atoms with E-state index in [1.165, 1.54) is 11.8 Å². The first-order chi connectivity index (χ1) is 8.72. The Kier molecular flexibility index (Phi) is 4.46. The first-order valence-electron chi connectivity index (χ1n) is 5.77. The normalized spacial score (nSPS) is 12.8. The van der Waals surface area contributed by atoms with Gasteiger partial charge in [0.05, 0.1) is 30.4 Å². The Morgan fingerprint density at radius 3 is 3.06 bits per heavy atom. The highest BCUT2D eigenvalue weighted by molar-refractivity contribution is 7.99. The van der Waals surface area contributed by atoms with Crippen LogP contribution in [0.15, 0.2) is 23.4 Å². The number of aromatic nitrogens is 2. The van der Waals surface area contributed by atoms with E-state index in [-0.39, 0.29) is 6.61 Å². The van der Waals surface area contributed by atoms with Gasteiger partial charge in [-0.3, -0.25) is 0 Å². The Morgan fingerprint density at radius 1 is 1.50 bits per heavy atom. The van der Waals surface area contributed by atoms with Crippen LogP contribution in [0, 0.1) is 0 Å². The minimum Gasteiger partial charge on any atom is -0.494 e. The summed E-state index contributed by atoms with van der Waals surface area (Å²) < 4.78 is 5.41. The van der Waals surface area contributed by atoms with Gasteiger partial charge in [-0.2, -0.15) is 0 Å². The average Bonchev–Trinajstić information content (AvgIpc) is 2.78. The van der Waals surface area contributed by atoms with Crippen LogP contribution in [0.1, 0.15) is 6.92 Å². The van der Waals surface area contributed by atoms with Crippen LogP contribution in [0.4, 0.5) is 0 Å². The van der Waals surface area contributed by atoms with Crippen molar-refractivity contribution in [2.45, 2.75) is 18.2 Å². The predicted octanol–water partition coefficient (Wildman–Crippen LogP) is 1.41. The van der Waals surface area contributed by atoms with E-state index in [0.717, 1.165) is 21.9 Å². The van der Waals surface area contributed by atoms with Gasteiger partial charge >= 0.3 is 0 Å². The SMILES string of the molecule is CCOc1ccc2nc(SCC(O)CO)[nH]c2c1. The maximum absolute atomic E-state index is 9.28. The monoisotopic (exact) mass is 268 g/mol. The number of aromatic amines is 1. The van der Waals surface area contributed by atoms with Crippen LogP contribution in [0.2, 0.25) is 0 Å². The molecule has 1 aromatic carbocycles. The molecule has 1 aromatic heterocycles. The molecule has 1 heterocycles. The van der Waals surface area contributed by atoms with E-state index in [4.69, 9.17) is 9.84 Å². The molecule has 0 aliphatic heterocycles. The van der Waals surface area contributed by atoms with Crippen LogP contribution in [0.25, 0.3) is 11.0 Å². The fraction of sp³-hybridized carbons (Fsp3) is 0.417. The Hall–Kier alpha value is -1.24. The number of nitrogens with zero attached hydrogens (tertiary/aromatic N) is 1. The standard InChI is InChI=1S/C12H16N2O3S/c1-2-17-9-3-4-10-11(5-9)14-12(13-10)18-7-8(16)6-15/h3-5,8,15-16H,2,6-7H2,1H3,(H,13,14). The van der Waals surface area contributed by atoms with E-state index in [0.29, 0.717) is 12.4 Å². The maximum atomic E-state index is 9.28. The highest BCUT2D eigenvalue weighted by Gasteiger charge is 2.07. The summed E-state index contributed by atoms with van der Waals surface area (Å²) in [7, 11) is 0. The number of ether oxygens (including phenoxy) is 1. The van der Waals surface area contributed by atoms with Gasteiger partial charge in [0.15, 0.2) is 5.16 Å². The number of aliphatic hydroxyl groups excluding tert-OH is 2. The van der Waals surface area contributed by atoms with Crippen LogP contribution in [-0.2, 0) is 0 Å². The zero-order valence-corrected chi connectivity index (χ0v) is 10.9. The summed E-state index contributed by atoms with van der Waals surface area (Å²) in [6.45, 7) is 2.33. The van der Waals surface area contributed by atoms with Gasteiger partial charge in [-0.25, -0.2) is 4.98 Å². The van der Waals surface area contributed by atoms with E-state index in [2.05, 4.69) is 9.97 Å². The van der Waals surface area contributed by atoms with Crippen molar-refractivity contribution in [1.29, 1.82) is 0 Å². The first-order valence-corrected chi connectivity index (χ1v) is 6.75. The zero-order valence-electron chi connectivity index (χ0n) is 10.1. The molecule has 1 atom stereocenters. The summed E-state index contributed by atoms with van der Waals surface area (Å²) in [6, 6.07) is 5.67. The third kappa shape index (κ3) is 3.16. The third-order valence-corrected chi connectivity index (χ3v) is 3.38. The molecule has 0 amide bonds. The Labute approximate surface area is 109 Å². The second kappa shape index (κ2) is 6.08. The van der Waals surface area contributed by atoms with Crippen molar-refractivity contribution in [2.75, 3.05) is 19.0 Å². The molecular formula is C12H16N2O3S. The second-order valence-corrected chi connectivity index (χ2v) is 4.81. The van der Waals surface area contributed by atoms with E-state index in [1.807, 2.05) is 25.1 Å². The molecule has 2 rings (SSSR count). The van der Waals surface area contributed by atoms with Crippen LogP contribution in [0.3, 0.4) is 0 Å². The number of aliphatic hydroxyl groups is 2. The third-order valence-electron chi connectivity index (χ3n) is 2.37. The van der Waals surface area contributed by atoms with Crippen molar-refractivity contribution in [2.24, 2.45) is 0 Å². The van der Waals surface area contributed by atoms with Crippen LogP contribution in [0.5, 0.6) is 5.75 Å². The van der Waals surface area contributed by atoms with E-state index in [1.54, 1.807) is 0 Å². The molecule has 5 nitrogen and oxygen atoms in total. The van der Waals surface area contributed by atoms with Gasteiger partial charge < -0.3 is 19.9 Å². The zero-order chi connectivity index (χ0) is 13.0. The summed E-state index contributed by atoms with van der Waals surface area (Å²) >= 11 is 1.38. The second-order valence-electron chi connectivity index (χ2n) is 3.80. The van der Waals surface area contributed by atoms with Crippen molar-refractivity contribution < 1.29 is 14.9 Å². The lowest BCUT2D eigenvalue weighted by Crippen LogP contribution is -2.14. The number of H-pyrrole nitrogens is 1. The van der Waals surface area contributed by atoms with Gasteiger partial charge in [-0.05, 0) is 19.1 Å². The molecule has 0 aliphatic rings. The smallest absolute Gasteiger partial charge is 0.166 e. The first kappa shape index (κ1) is 13.2. The fourth-order valence-corrected chi connectivity index (χ4v) is 2.32. The fourth-order valence-electron chi connectivity index (χ4n) is 1.52. The average molecular weight is 268 g/mol. The maximum Gasteiger partial charge on any atom is 0.166 e. The number of nitrogens with one attached hydrogen (secondary N) is 1. The quantitative estimate of drug-likeness (QED) is 0.690. The molecule has 2 aromatic rings. The van der Waals surface area contributed by atoms with Gasteiger partial charge in [0.2, 0.25) is 0 Å². The molecule has 98 valence electrons. The molecule has 0 bridgehead atoms. The van der Waals surface area contributed by atoms with Crippen molar-refractivity contribution in [3.8, 4) is 5.75 Å². The van der Waals surface area contributed by atoms with Gasteiger partial charge in [-0.1, -0.05) is 11.8 Å². The van der Waals surface area contributed by atoms with Gasteiger partial charge in [0, 0.05) is 11.8 Å². The lowest BCUT2D eigenvalue weighted by molar-refractivity contribution is 0.113. The number of hydrogen-bond donors (Lipinski definition) is 3. The summed E-state index contributed by atoms with van der Waals surface area (Å²) in [4.78, 5) is 7.53. The summed E-state index contributed by atoms with van der Waals surface area (Å²) in [6.07, 6.45) is -0.720. The molecule has 3 N–H and O–H groups in total. The number of thioether (sulfide) groups is 1. The van der Waals surface area contributed by atoms with Crippen molar-refractivity contribution in [3.63, 3.8) is 0 Å². The van der Waals surface area contributed by atoms with Crippen LogP contribution >= 0.6 is 11.8 Å². The molecule has 0 spiro atoms.